The maximum atomic E-state index is 12.3. The number of amides is 1. The van der Waals surface area contributed by atoms with Gasteiger partial charge >= 0.3 is 0 Å². The highest BCUT2D eigenvalue weighted by atomic mass is 35.5. The van der Waals surface area contributed by atoms with Crippen LogP contribution in [-0.4, -0.2) is 39.7 Å². The van der Waals surface area contributed by atoms with Crippen molar-refractivity contribution in [2.45, 2.75) is 24.3 Å². The number of carbonyl (C=O) groups is 1. The molecule has 0 spiro atoms. The number of nitrogens with one attached hydrogen (secondary N) is 2. The molecule has 2 atom stereocenters. The molecule has 1 aliphatic rings. The molecule has 0 aliphatic carbocycles. The Hall–Kier alpha value is -1.11. The molecule has 1 amide bonds. The van der Waals surface area contributed by atoms with Gasteiger partial charge in [-0.15, -0.1) is 12.4 Å². The topological polar surface area (TPSA) is 75.3 Å². The molecule has 0 bridgehead atoms. The van der Waals surface area contributed by atoms with Crippen LogP contribution in [0.15, 0.2) is 29.2 Å². The molecule has 1 aromatic carbocycles. The van der Waals surface area contributed by atoms with Gasteiger partial charge in [0, 0.05) is 12.3 Å². The SMILES string of the molecule is CC1CNCCC1NC(=O)c1ccccc1S(C)(=O)=O.Cl. The Morgan fingerprint density at radius 1 is 1.33 bits per heavy atom. The second-order valence-electron chi connectivity index (χ2n) is 5.32. The fourth-order valence-electron chi connectivity index (χ4n) is 2.45. The van der Waals surface area contributed by atoms with Gasteiger partial charge in [-0.25, -0.2) is 8.42 Å². The Morgan fingerprint density at radius 2 is 2.00 bits per heavy atom. The number of piperidine rings is 1. The maximum absolute atomic E-state index is 12.3. The van der Waals surface area contributed by atoms with E-state index in [0.717, 1.165) is 25.8 Å². The summed E-state index contributed by atoms with van der Waals surface area (Å²) in [5, 5.41) is 6.22. The summed E-state index contributed by atoms with van der Waals surface area (Å²) in [6.45, 7) is 3.79. The standard InChI is InChI=1S/C14H20N2O3S.ClH/c1-10-9-15-8-7-12(10)16-14(17)11-5-3-4-6-13(11)20(2,18)19;/h3-6,10,12,15H,7-9H2,1-2H3,(H,16,17);1H. The first-order valence-corrected chi connectivity index (χ1v) is 8.59. The zero-order valence-corrected chi connectivity index (χ0v) is 13.8. The molecule has 118 valence electrons. The predicted octanol–water partition coefficient (Wildman–Crippen LogP) is 1.24. The van der Waals surface area contributed by atoms with Crippen molar-refractivity contribution in [3.8, 4) is 0 Å². The van der Waals surface area contributed by atoms with Crippen LogP contribution in [0.5, 0.6) is 0 Å². The lowest BCUT2D eigenvalue weighted by Crippen LogP contribution is -2.48. The minimum Gasteiger partial charge on any atom is -0.349 e. The average molecular weight is 333 g/mol. The van der Waals surface area contributed by atoms with E-state index < -0.39 is 9.84 Å². The van der Waals surface area contributed by atoms with E-state index in [0.29, 0.717) is 5.92 Å². The average Bonchev–Trinajstić information content (AvgIpc) is 2.40. The van der Waals surface area contributed by atoms with Crippen molar-refractivity contribution >= 4 is 28.2 Å². The van der Waals surface area contributed by atoms with E-state index in [1.807, 2.05) is 0 Å². The molecule has 1 saturated heterocycles. The van der Waals surface area contributed by atoms with E-state index in [1.165, 1.54) is 6.07 Å². The Morgan fingerprint density at radius 3 is 2.62 bits per heavy atom. The number of benzene rings is 1. The number of rotatable bonds is 3. The van der Waals surface area contributed by atoms with E-state index >= 15 is 0 Å². The van der Waals surface area contributed by atoms with Crippen LogP contribution in [0.3, 0.4) is 0 Å². The summed E-state index contributed by atoms with van der Waals surface area (Å²) < 4.78 is 23.4. The van der Waals surface area contributed by atoms with Crippen LogP contribution in [0, 0.1) is 5.92 Å². The molecule has 21 heavy (non-hydrogen) atoms. The molecule has 0 radical (unpaired) electrons. The fourth-order valence-corrected chi connectivity index (χ4v) is 3.34. The molecule has 1 fully saturated rings. The van der Waals surface area contributed by atoms with Crippen molar-refractivity contribution in [1.29, 1.82) is 0 Å². The van der Waals surface area contributed by atoms with Crippen LogP contribution in [0.4, 0.5) is 0 Å². The normalized spacial score (nSPS) is 22.2. The van der Waals surface area contributed by atoms with Gasteiger partial charge in [0.15, 0.2) is 9.84 Å². The van der Waals surface area contributed by atoms with Crippen molar-refractivity contribution in [1.82, 2.24) is 10.6 Å². The largest absolute Gasteiger partial charge is 0.349 e. The quantitative estimate of drug-likeness (QED) is 0.873. The molecule has 1 heterocycles. The third kappa shape index (κ3) is 4.43. The molecule has 2 rings (SSSR count). The molecular weight excluding hydrogens is 312 g/mol. The molecule has 0 aromatic heterocycles. The Balaban J connectivity index is 0.00000220. The first-order valence-electron chi connectivity index (χ1n) is 6.70. The maximum Gasteiger partial charge on any atom is 0.252 e. The first-order chi connectivity index (χ1) is 9.39. The number of carbonyl (C=O) groups excluding carboxylic acids is 1. The lowest BCUT2D eigenvalue weighted by Gasteiger charge is -2.30. The van der Waals surface area contributed by atoms with Crippen LogP contribution in [0.25, 0.3) is 0 Å². The smallest absolute Gasteiger partial charge is 0.252 e. The van der Waals surface area contributed by atoms with Crippen LogP contribution in [0.2, 0.25) is 0 Å². The summed E-state index contributed by atoms with van der Waals surface area (Å²) in [6.07, 6.45) is 1.97. The minimum absolute atomic E-state index is 0. The predicted molar refractivity (Wildman–Crippen MR) is 84.7 cm³/mol. The number of hydrogen-bond donors (Lipinski definition) is 2. The summed E-state index contributed by atoms with van der Waals surface area (Å²) >= 11 is 0. The molecule has 7 heteroatoms. The summed E-state index contributed by atoms with van der Waals surface area (Å²) in [7, 11) is -3.41. The second-order valence-corrected chi connectivity index (χ2v) is 7.30. The van der Waals surface area contributed by atoms with Crippen molar-refractivity contribution in [3.63, 3.8) is 0 Å². The Kier molecular flexibility index (Phi) is 6.19. The fraction of sp³-hybridized carbons (Fsp3) is 0.500. The van der Waals surface area contributed by atoms with Crippen molar-refractivity contribution < 1.29 is 13.2 Å². The van der Waals surface area contributed by atoms with E-state index in [9.17, 15) is 13.2 Å². The van der Waals surface area contributed by atoms with Gasteiger partial charge in [0.2, 0.25) is 0 Å². The van der Waals surface area contributed by atoms with Crippen molar-refractivity contribution in [3.05, 3.63) is 29.8 Å². The van der Waals surface area contributed by atoms with Crippen LogP contribution in [-0.2, 0) is 9.84 Å². The number of halogens is 1. The van der Waals surface area contributed by atoms with E-state index in [2.05, 4.69) is 17.6 Å². The molecule has 1 aromatic rings. The summed E-state index contributed by atoms with van der Waals surface area (Å²) in [5.74, 6) is 0.0165. The minimum atomic E-state index is -3.41. The van der Waals surface area contributed by atoms with Gasteiger partial charge < -0.3 is 10.6 Å². The zero-order chi connectivity index (χ0) is 14.8. The van der Waals surface area contributed by atoms with Crippen molar-refractivity contribution in [2.75, 3.05) is 19.3 Å². The highest BCUT2D eigenvalue weighted by Gasteiger charge is 2.25. The van der Waals surface area contributed by atoms with Gasteiger partial charge in [-0.2, -0.15) is 0 Å². The number of hydrogen-bond acceptors (Lipinski definition) is 4. The van der Waals surface area contributed by atoms with Gasteiger partial charge in [-0.1, -0.05) is 19.1 Å². The molecule has 0 saturated carbocycles. The van der Waals surface area contributed by atoms with E-state index in [1.54, 1.807) is 18.2 Å². The molecule has 1 aliphatic heterocycles. The van der Waals surface area contributed by atoms with Gasteiger partial charge in [-0.05, 0) is 37.6 Å². The third-order valence-electron chi connectivity index (χ3n) is 3.63. The Labute approximate surface area is 131 Å². The Bertz CT molecular complexity index is 604. The lowest BCUT2D eigenvalue weighted by atomic mass is 9.95. The third-order valence-corrected chi connectivity index (χ3v) is 4.79. The van der Waals surface area contributed by atoms with Gasteiger partial charge in [0.05, 0.1) is 10.5 Å². The van der Waals surface area contributed by atoms with Gasteiger partial charge in [-0.3, -0.25) is 4.79 Å². The highest BCUT2D eigenvalue weighted by Crippen LogP contribution is 2.17. The van der Waals surface area contributed by atoms with Crippen LogP contribution >= 0.6 is 12.4 Å². The summed E-state index contributed by atoms with van der Waals surface area (Å²) in [5.41, 5.74) is 0.223. The molecular formula is C14H21ClN2O3S. The van der Waals surface area contributed by atoms with E-state index in [-0.39, 0.29) is 34.8 Å². The van der Waals surface area contributed by atoms with E-state index in [4.69, 9.17) is 0 Å². The number of sulfone groups is 1. The first kappa shape index (κ1) is 17.9. The zero-order valence-electron chi connectivity index (χ0n) is 12.1. The summed E-state index contributed by atoms with van der Waals surface area (Å²) in [6, 6.07) is 6.40. The van der Waals surface area contributed by atoms with Crippen LogP contribution < -0.4 is 10.6 Å². The van der Waals surface area contributed by atoms with Gasteiger partial charge in [0.1, 0.15) is 0 Å². The lowest BCUT2D eigenvalue weighted by molar-refractivity contribution is 0.0911. The molecule has 2 N–H and O–H groups in total. The second kappa shape index (κ2) is 7.24. The molecule has 5 nitrogen and oxygen atoms in total. The highest BCUT2D eigenvalue weighted by molar-refractivity contribution is 7.90. The van der Waals surface area contributed by atoms with Crippen molar-refractivity contribution in [2.24, 2.45) is 5.92 Å². The molecule has 2 unspecified atom stereocenters. The van der Waals surface area contributed by atoms with Gasteiger partial charge in [0.25, 0.3) is 5.91 Å². The van der Waals surface area contributed by atoms with Crippen LogP contribution in [0.1, 0.15) is 23.7 Å². The summed E-state index contributed by atoms with van der Waals surface area (Å²) in [4.78, 5) is 12.4. The monoisotopic (exact) mass is 332 g/mol.